The van der Waals surface area contributed by atoms with Crippen LogP contribution in [0.15, 0.2) is 18.2 Å². The van der Waals surface area contributed by atoms with Gasteiger partial charge in [-0.15, -0.1) is 0 Å². The summed E-state index contributed by atoms with van der Waals surface area (Å²) in [6.45, 7) is 0.366. The van der Waals surface area contributed by atoms with Crippen LogP contribution in [0.3, 0.4) is 0 Å². The first-order valence-electron chi connectivity index (χ1n) is 4.74. The average molecular weight is 223 g/mol. The molecule has 2 amide bonds. The van der Waals surface area contributed by atoms with Gasteiger partial charge in [0.25, 0.3) is 0 Å². The van der Waals surface area contributed by atoms with Gasteiger partial charge in [0.15, 0.2) is 0 Å². The maximum atomic E-state index is 13.0. The van der Waals surface area contributed by atoms with Crippen LogP contribution in [0.25, 0.3) is 0 Å². The number of amides is 2. The molecular formula is C10H10FN3O2. The lowest BCUT2D eigenvalue weighted by atomic mass is 10.2. The topological polar surface area (TPSA) is 75.4 Å². The number of nitrogens with zero attached hydrogens (tertiary/aromatic N) is 1. The van der Waals surface area contributed by atoms with Gasteiger partial charge in [0.05, 0.1) is 5.69 Å². The Morgan fingerprint density at radius 1 is 1.44 bits per heavy atom. The molecule has 0 atom stereocenters. The molecule has 6 heteroatoms. The molecule has 0 unspecified atom stereocenters. The molecular weight excluding hydrogens is 213 g/mol. The van der Waals surface area contributed by atoms with Gasteiger partial charge >= 0.3 is 11.8 Å². The smallest absolute Gasteiger partial charge is 0.303 e. The number of rotatable bonds is 0. The van der Waals surface area contributed by atoms with Crippen molar-refractivity contribution in [3.05, 3.63) is 29.6 Å². The zero-order valence-corrected chi connectivity index (χ0v) is 8.37. The van der Waals surface area contributed by atoms with Crippen LogP contribution in [0.1, 0.15) is 5.56 Å². The SMILES string of the molecule is NNC(=O)C(=O)N1CCc2ccc(F)cc21. The third kappa shape index (κ3) is 1.63. The summed E-state index contributed by atoms with van der Waals surface area (Å²) in [5, 5.41) is 0. The first-order chi connectivity index (χ1) is 7.63. The van der Waals surface area contributed by atoms with Crippen LogP contribution in [0, 0.1) is 5.82 Å². The van der Waals surface area contributed by atoms with Gasteiger partial charge in [0.2, 0.25) is 0 Å². The molecule has 0 aromatic heterocycles. The summed E-state index contributed by atoms with van der Waals surface area (Å²) < 4.78 is 13.0. The molecule has 16 heavy (non-hydrogen) atoms. The van der Waals surface area contributed by atoms with E-state index in [4.69, 9.17) is 5.84 Å². The Kier molecular flexibility index (Phi) is 2.57. The predicted molar refractivity (Wildman–Crippen MR) is 54.8 cm³/mol. The van der Waals surface area contributed by atoms with Crippen LogP contribution in [0.5, 0.6) is 0 Å². The number of halogens is 1. The molecule has 0 fully saturated rings. The lowest BCUT2D eigenvalue weighted by Gasteiger charge is -2.15. The molecule has 0 radical (unpaired) electrons. The van der Waals surface area contributed by atoms with Gasteiger partial charge in [0, 0.05) is 6.54 Å². The molecule has 5 nitrogen and oxygen atoms in total. The first-order valence-corrected chi connectivity index (χ1v) is 4.74. The lowest BCUT2D eigenvalue weighted by Crippen LogP contribution is -2.45. The van der Waals surface area contributed by atoms with Crippen molar-refractivity contribution in [2.75, 3.05) is 11.4 Å². The number of nitrogens with one attached hydrogen (secondary N) is 1. The van der Waals surface area contributed by atoms with E-state index in [-0.39, 0.29) is 0 Å². The Hall–Kier alpha value is -1.95. The van der Waals surface area contributed by atoms with Crippen molar-refractivity contribution in [1.82, 2.24) is 5.43 Å². The zero-order chi connectivity index (χ0) is 11.7. The van der Waals surface area contributed by atoms with Crippen molar-refractivity contribution in [3.63, 3.8) is 0 Å². The first kappa shape index (κ1) is 10.6. The highest BCUT2D eigenvalue weighted by Crippen LogP contribution is 2.28. The minimum absolute atomic E-state index is 0.366. The van der Waals surface area contributed by atoms with Crippen LogP contribution in [-0.4, -0.2) is 18.4 Å². The van der Waals surface area contributed by atoms with Gasteiger partial charge in [-0.25, -0.2) is 10.2 Å². The summed E-state index contributed by atoms with van der Waals surface area (Å²) in [5.41, 5.74) is 3.05. The number of hydrazine groups is 1. The molecule has 0 spiro atoms. The maximum absolute atomic E-state index is 13.0. The van der Waals surface area contributed by atoms with E-state index in [1.807, 2.05) is 0 Å². The Bertz CT molecular complexity index is 461. The lowest BCUT2D eigenvalue weighted by molar-refractivity contribution is -0.137. The van der Waals surface area contributed by atoms with Crippen molar-refractivity contribution >= 4 is 17.5 Å². The zero-order valence-electron chi connectivity index (χ0n) is 8.37. The van der Waals surface area contributed by atoms with Gasteiger partial charge in [-0.1, -0.05) is 6.07 Å². The quantitative estimate of drug-likeness (QED) is 0.274. The number of fused-ring (bicyclic) bond motifs is 1. The van der Waals surface area contributed by atoms with Crippen molar-refractivity contribution in [2.24, 2.45) is 5.84 Å². The summed E-state index contributed by atoms with van der Waals surface area (Å²) >= 11 is 0. The molecule has 0 bridgehead atoms. The molecule has 1 aromatic carbocycles. The Labute approximate surface area is 91.0 Å². The minimum atomic E-state index is -0.905. The second-order valence-electron chi connectivity index (χ2n) is 3.45. The van der Waals surface area contributed by atoms with Gasteiger partial charge < -0.3 is 4.90 Å². The normalized spacial score (nSPS) is 13.5. The number of anilines is 1. The Balaban J connectivity index is 2.33. The third-order valence-electron chi connectivity index (χ3n) is 2.51. The predicted octanol–water partition coefficient (Wildman–Crippen LogP) is -0.295. The number of hydrogen-bond donors (Lipinski definition) is 2. The monoisotopic (exact) mass is 223 g/mol. The molecule has 1 aliphatic rings. The van der Waals surface area contributed by atoms with E-state index in [0.29, 0.717) is 18.7 Å². The fourth-order valence-corrected chi connectivity index (χ4v) is 1.75. The molecule has 84 valence electrons. The maximum Gasteiger partial charge on any atom is 0.323 e. The van der Waals surface area contributed by atoms with Gasteiger partial charge in [-0.2, -0.15) is 0 Å². The fourth-order valence-electron chi connectivity index (χ4n) is 1.75. The van der Waals surface area contributed by atoms with E-state index in [0.717, 1.165) is 5.56 Å². The van der Waals surface area contributed by atoms with Crippen LogP contribution < -0.4 is 16.2 Å². The molecule has 0 aliphatic carbocycles. The summed E-state index contributed by atoms with van der Waals surface area (Å²) in [5.74, 6) is 2.75. The molecule has 1 aromatic rings. The molecule has 3 N–H and O–H groups in total. The standard InChI is InChI=1S/C10H10FN3O2/c11-7-2-1-6-3-4-14(8(6)5-7)10(16)9(15)13-12/h1-2,5H,3-4,12H2,(H,13,15). The summed E-state index contributed by atoms with van der Waals surface area (Å²) in [7, 11) is 0. The van der Waals surface area contributed by atoms with E-state index in [9.17, 15) is 14.0 Å². The molecule has 1 aliphatic heterocycles. The van der Waals surface area contributed by atoms with Crippen molar-refractivity contribution in [3.8, 4) is 0 Å². The van der Waals surface area contributed by atoms with E-state index >= 15 is 0 Å². The van der Waals surface area contributed by atoms with Crippen molar-refractivity contribution in [1.29, 1.82) is 0 Å². The second kappa shape index (κ2) is 3.90. The highest BCUT2D eigenvalue weighted by molar-refractivity contribution is 6.40. The van der Waals surface area contributed by atoms with E-state index in [1.165, 1.54) is 17.0 Å². The summed E-state index contributed by atoms with van der Waals surface area (Å²) in [6.07, 6.45) is 0.610. The van der Waals surface area contributed by atoms with Crippen molar-refractivity contribution in [2.45, 2.75) is 6.42 Å². The third-order valence-corrected chi connectivity index (χ3v) is 2.51. The highest BCUT2D eigenvalue weighted by Gasteiger charge is 2.28. The summed E-state index contributed by atoms with van der Waals surface area (Å²) in [4.78, 5) is 23.9. The molecule has 0 saturated carbocycles. The number of nitrogens with two attached hydrogens (primary N) is 1. The van der Waals surface area contributed by atoms with Crippen molar-refractivity contribution < 1.29 is 14.0 Å². The second-order valence-corrected chi connectivity index (χ2v) is 3.45. The molecule has 2 rings (SSSR count). The number of carbonyl (C=O) groups excluding carboxylic acids is 2. The minimum Gasteiger partial charge on any atom is -0.303 e. The summed E-state index contributed by atoms with van der Waals surface area (Å²) in [6, 6.07) is 4.18. The molecule has 1 heterocycles. The number of carbonyl (C=O) groups is 2. The average Bonchev–Trinajstić information content (AvgIpc) is 2.69. The Morgan fingerprint density at radius 2 is 2.19 bits per heavy atom. The van der Waals surface area contributed by atoms with Crippen LogP contribution in [0.4, 0.5) is 10.1 Å². The van der Waals surface area contributed by atoms with Gasteiger partial charge in [-0.3, -0.25) is 15.0 Å². The van der Waals surface area contributed by atoms with E-state index in [1.54, 1.807) is 11.5 Å². The van der Waals surface area contributed by atoms with Crippen LogP contribution in [-0.2, 0) is 16.0 Å². The highest BCUT2D eigenvalue weighted by atomic mass is 19.1. The van der Waals surface area contributed by atoms with Gasteiger partial charge in [-0.05, 0) is 24.1 Å². The Morgan fingerprint density at radius 3 is 2.88 bits per heavy atom. The number of hydrogen-bond acceptors (Lipinski definition) is 3. The number of benzene rings is 1. The molecule has 0 saturated heterocycles. The largest absolute Gasteiger partial charge is 0.323 e. The van der Waals surface area contributed by atoms with E-state index < -0.39 is 17.6 Å². The van der Waals surface area contributed by atoms with Crippen LogP contribution >= 0.6 is 0 Å². The fraction of sp³-hybridized carbons (Fsp3) is 0.200. The van der Waals surface area contributed by atoms with Gasteiger partial charge in [0.1, 0.15) is 5.82 Å². The van der Waals surface area contributed by atoms with E-state index in [2.05, 4.69) is 0 Å². The van der Waals surface area contributed by atoms with Crippen LogP contribution in [0.2, 0.25) is 0 Å².